The lowest BCUT2D eigenvalue weighted by atomic mass is 10.1. The Morgan fingerprint density at radius 3 is 2.04 bits per heavy atom. The molecule has 28 heavy (non-hydrogen) atoms. The summed E-state index contributed by atoms with van der Waals surface area (Å²) in [5.74, 6) is -0.150. The number of thiocarbonyl (C=S) groups is 1. The fraction of sp³-hybridized carbons (Fsp3) is 0.176. The minimum atomic E-state index is -0.818. The number of carbonyl (C=O) groups is 1. The maximum Gasteiger partial charge on any atom is 0.277 e. The third kappa shape index (κ3) is 5.71. The molecule has 0 unspecified atom stereocenters. The summed E-state index contributed by atoms with van der Waals surface area (Å²) in [6.45, 7) is 3.80. The molecule has 2 N–H and O–H groups in total. The van der Waals surface area contributed by atoms with E-state index >= 15 is 0 Å². The Labute approximate surface area is 164 Å². The molecule has 0 fully saturated rings. The Morgan fingerprint density at radius 2 is 1.57 bits per heavy atom. The second kappa shape index (κ2) is 8.86. The fourth-order valence-corrected chi connectivity index (χ4v) is 2.37. The summed E-state index contributed by atoms with van der Waals surface area (Å²) in [6, 6.07) is 9.45. The summed E-state index contributed by atoms with van der Waals surface area (Å²) < 4.78 is 5.52. The first kappa shape index (κ1) is 20.7. The third-order valence-electron chi connectivity index (χ3n) is 3.30. The highest BCUT2D eigenvalue weighted by atomic mass is 32.1. The first-order chi connectivity index (χ1) is 13.2. The number of nitrogens with one attached hydrogen (secondary N) is 2. The molecular weight excluding hydrogens is 388 g/mol. The molecule has 1 amide bonds. The van der Waals surface area contributed by atoms with E-state index < -0.39 is 27.1 Å². The largest absolute Gasteiger partial charge is 0.491 e. The van der Waals surface area contributed by atoms with Crippen molar-refractivity contribution in [2.45, 2.75) is 20.0 Å². The average molecular weight is 404 g/mol. The van der Waals surface area contributed by atoms with Crippen LogP contribution in [0.2, 0.25) is 0 Å². The molecule has 2 rings (SSSR count). The fourth-order valence-electron chi connectivity index (χ4n) is 2.16. The number of hydrogen-bond donors (Lipinski definition) is 2. The Kier molecular flexibility index (Phi) is 6.55. The Morgan fingerprint density at radius 1 is 1.04 bits per heavy atom. The van der Waals surface area contributed by atoms with Crippen LogP contribution in [0.1, 0.15) is 24.2 Å². The lowest BCUT2D eigenvalue weighted by Crippen LogP contribution is -2.34. The number of nitro groups is 2. The van der Waals surface area contributed by atoms with Gasteiger partial charge in [-0.05, 0) is 50.3 Å². The number of nitro benzene ring substituents is 2. The molecular formula is C17H16N4O6S. The van der Waals surface area contributed by atoms with Crippen molar-refractivity contribution >= 4 is 40.3 Å². The molecule has 0 bridgehead atoms. The molecule has 0 atom stereocenters. The van der Waals surface area contributed by atoms with E-state index in [1.165, 1.54) is 0 Å². The predicted molar refractivity (Wildman–Crippen MR) is 106 cm³/mol. The van der Waals surface area contributed by atoms with E-state index in [0.29, 0.717) is 11.4 Å². The van der Waals surface area contributed by atoms with Crippen molar-refractivity contribution in [1.82, 2.24) is 5.32 Å². The van der Waals surface area contributed by atoms with Crippen LogP contribution in [0, 0.1) is 20.2 Å². The van der Waals surface area contributed by atoms with Crippen LogP contribution < -0.4 is 15.4 Å². The van der Waals surface area contributed by atoms with Crippen molar-refractivity contribution < 1.29 is 19.4 Å². The van der Waals surface area contributed by atoms with Crippen molar-refractivity contribution in [3.8, 4) is 5.75 Å². The van der Waals surface area contributed by atoms with Crippen LogP contribution in [0.3, 0.4) is 0 Å². The van der Waals surface area contributed by atoms with Crippen molar-refractivity contribution in [3.05, 3.63) is 68.3 Å². The van der Waals surface area contributed by atoms with Gasteiger partial charge in [0.2, 0.25) is 0 Å². The highest BCUT2D eigenvalue weighted by Crippen LogP contribution is 2.23. The van der Waals surface area contributed by atoms with Gasteiger partial charge < -0.3 is 10.1 Å². The molecule has 0 saturated carbocycles. The topological polar surface area (TPSA) is 137 Å². The first-order valence-corrected chi connectivity index (χ1v) is 8.39. The smallest absolute Gasteiger partial charge is 0.277 e. The molecule has 0 radical (unpaired) electrons. The van der Waals surface area contributed by atoms with Gasteiger partial charge in [0.15, 0.2) is 5.11 Å². The van der Waals surface area contributed by atoms with Gasteiger partial charge in [-0.2, -0.15) is 0 Å². The summed E-state index contributed by atoms with van der Waals surface area (Å²) in [7, 11) is 0. The maximum atomic E-state index is 12.3. The molecule has 0 spiro atoms. The van der Waals surface area contributed by atoms with Crippen molar-refractivity contribution in [2.24, 2.45) is 0 Å². The number of ether oxygens (including phenoxy) is 1. The van der Waals surface area contributed by atoms with Crippen molar-refractivity contribution in [2.75, 3.05) is 5.32 Å². The Hall–Kier alpha value is -3.60. The third-order valence-corrected chi connectivity index (χ3v) is 3.50. The number of benzene rings is 2. The van der Waals surface area contributed by atoms with Gasteiger partial charge in [0.25, 0.3) is 17.3 Å². The average Bonchev–Trinajstić information content (AvgIpc) is 2.62. The quantitative estimate of drug-likeness (QED) is 0.424. The molecule has 2 aromatic rings. The summed E-state index contributed by atoms with van der Waals surface area (Å²) in [4.78, 5) is 32.5. The van der Waals surface area contributed by atoms with Gasteiger partial charge in [0.05, 0.1) is 27.6 Å². The monoisotopic (exact) mass is 404 g/mol. The summed E-state index contributed by atoms with van der Waals surface area (Å²) in [5.41, 5.74) is -0.824. The number of amides is 1. The molecule has 0 heterocycles. The van der Waals surface area contributed by atoms with Gasteiger partial charge in [0.1, 0.15) is 5.75 Å². The molecule has 146 valence electrons. The molecule has 2 aromatic carbocycles. The van der Waals surface area contributed by atoms with Crippen LogP contribution in [0.4, 0.5) is 17.1 Å². The van der Waals surface area contributed by atoms with Gasteiger partial charge in [-0.25, -0.2) is 0 Å². The van der Waals surface area contributed by atoms with E-state index in [2.05, 4.69) is 10.6 Å². The zero-order valence-electron chi connectivity index (χ0n) is 14.9. The second-order valence-corrected chi connectivity index (χ2v) is 6.26. The lowest BCUT2D eigenvalue weighted by Gasteiger charge is -2.12. The van der Waals surface area contributed by atoms with E-state index in [0.717, 1.165) is 18.2 Å². The first-order valence-electron chi connectivity index (χ1n) is 7.98. The van der Waals surface area contributed by atoms with Gasteiger partial charge in [0, 0.05) is 17.8 Å². The molecule has 0 aliphatic heterocycles. The van der Waals surface area contributed by atoms with Crippen molar-refractivity contribution in [3.63, 3.8) is 0 Å². The van der Waals surface area contributed by atoms with Crippen LogP contribution >= 0.6 is 12.2 Å². The lowest BCUT2D eigenvalue weighted by molar-refractivity contribution is -0.394. The van der Waals surface area contributed by atoms with Crippen LogP contribution in [-0.4, -0.2) is 27.0 Å². The molecule has 11 heteroatoms. The number of rotatable bonds is 6. The SMILES string of the molecule is CC(C)Oc1ccc(NC(=S)NC(=O)c2cc([N+](=O)[O-])cc([N+](=O)[O-])c2)cc1. The van der Waals surface area contributed by atoms with Crippen LogP contribution in [0.5, 0.6) is 5.75 Å². The number of hydrogen-bond acceptors (Lipinski definition) is 7. The zero-order valence-corrected chi connectivity index (χ0v) is 15.7. The van der Waals surface area contributed by atoms with Crippen molar-refractivity contribution in [1.29, 1.82) is 0 Å². The van der Waals surface area contributed by atoms with E-state index in [1.54, 1.807) is 24.3 Å². The molecule has 0 aliphatic carbocycles. The maximum absolute atomic E-state index is 12.3. The molecule has 0 saturated heterocycles. The van der Waals surface area contributed by atoms with Gasteiger partial charge in [-0.1, -0.05) is 0 Å². The van der Waals surface area contributed by atoms with Crippen LogP contribution in [0.15, 0.2) is 42.5 Å². The number of non-ortho nitro benzene ring substituents is 2. The van der Waals surface area contributed by atoms with E-state index in [4.69, 9.17) is 17.0 Å². The van der Waals surface area contributed by atoms with Gasteiger partial charge in [-0.3, -0.25) is 30.3 Å². The normalized spacial score (nSPS) is 10.2. The highest BCUT2D eigenvalue weighted by molar-refractivity contribution is 7.80. The number of carbonyl (C=O) groups excluding carboxylic acids is 1. The Balaban J connectivity index is 2.08. The van der Waals surface area contributed by atoms with E-state index in [9.17, 15) is 25.0 Å². The van der Waals surface area contributed by atoms with Crippen LogP contribution in [0.25, 0.3) is 0 Å². The van der Waals surface area contributed by atoms with Gasteiger partial charge in [-0.15, -0.1) is 0 Å². The molecule has 0 aromatic heterocycles. The summed E-state index contributed by atoms with van der Waals surface area (Å²) in [6.07, 6.45) is 0.0261. The summed E-state index contributed by atoms with van der Waals surface area (Å²) in [5, 5.41) is 26.9. The standard InChI is InChI=1S/C17H16N4O6S/c1-10(2)27-15-5-3-12(4-6-15)18-17(28)19-16(22)11-7-13(20(23)24)9-14(8-11)21(25)26/h3-10H,1-2H3,(H2,18,19,22,28). The zero-order chi connectivity index (χ0) is 20.8. The second-order valence-electron chi connectivity index (χ2n) is 5.85. The van der Waals surface area contributed by atoms with E-state index in [-0.39, 0.29) is 16.8 Å². The highest BCUT2D eigenvalue weighted by Gasteiger charge is 2.20. The molecule has 0 aliphatic rings. The number of anilines is 1. The summed E-state index contributed by atoms with van der Waals surface area (Å²) >= 11 is 5.04. The van der Waals surface area contributed by atoms with Gasteiger partial charge >= 0.3 is 0 Å². The minimum absolute atomic E-state index is 0.0261. The number of nitrogens with zero attached hydrogens (tertiary/aromatic N) is 2. The van der Waals surface area contributed by atoms with Crippen LogP contribution in [-0.2, 0) is 0 Å². The Bertz CT molecular complexity index is 897. The molecule has 10 nitrogen and oxygen atoms in total. The van der Waals surface area contributed by atoms with E-state index in [1.807, 2.05) is 13.8 Å². The predicted octanol–water partition coefficient (Wildman–Crippen LogP) is 3.42. The minimum Gasteiger partial charge on any atom is -0.491 e.